The molecule has 0 aliphatic carbocycles. The Labute approximate surface area is 178 Å². The molecule has 1 aromatic heterocycles. The van der Waals surface area contributed by atoms with E-state index in [1.165, 1.54) is 10.1 Å². The van der Waals surface area contributed by atoms with Crippen LogP contribution in [0.15, 0.2) is 101 Å². The predicted octanol–water partition coefficient (Wildman–Crippen LogP) is 5.53. The molecule has 0 radical (unpaired) electrons. The number of hydrogen-bond acceptors (Lipinski definition) is 4. The van der Waals surface area contributed by atoms with E-state index in [-0.39, 0.29) is 5.56 Å². The van der Waals surface area contributed by atoms with E-state index in [2.05, 4.69) is 22.2 Å². The van der Waals surface area contributed by atoms with Crippen molar-refractivity contribution in [2.24, 2.45) is 5.10 Å². The third-order valence-electron chi connectivity index (χ3n) is 5.07. The van der Waals surface area contributed by atoms with Crippen molar-refractivity contribution < 1.29 is 4.74 Å². The minimum atomic E-state index is -0.185. The highest BCUT2D eigenvalue weighted by atomic mass is 16.5. The highest BCUT2D eigenvalue weighted by Crippen LogP contribution is 2.25. The van der Waals surface area contributed by atoms with Crippen molar-refractivity contribution in [2.45, 2.75) is 6.92 Å². The Bertz CT molecular complexity index is 1480. The van der Waals surface area contributed by atoms with E-state index in [0.717, 1.165) is 22.4 Å². The van der Waals surface area contributed by atoms with Gasteiger partial charge in [0, 0.05) is 0 Å². The molecule has 150 valence electrons. The van der Waals surface area contributed by atoms with Gasteiger partial charge >= 0.3 is 0 Å². The average molecular weight is 405 g/mol. The van der Waals surface area contributed by atoms with E-state index in [4.69, 9.17) is 4.74 Å². The molecule has 31 heavy (non-hydrogen) atoms. The van der Waals surface area contributed by atoms with E-state index in [1.54, 1.807) is 19.2 Å². The van der Waals surface area contributed by atoms with Crippen molar-refractivity contribution in [1.29, 1.82) is 0 Å². The zero-order chi connectivity index (χ0) is 21.2. The fourth-order valence-corrected chi connectivity index (χ4v) is 3.48. The van der Waals surface area contributed by atoms with Gasteiger partial charge in [-0.1, -0.05) is 42.5 Å². The van der Waals surface area contributed by atoms with Crippen molar-refractivity contribution in [2.75, 3.05) is 0 Å². The molecule has 0 bridgehead atoms. The maximum Gasteiger partial charge on any atom is 0.282 e. The van der Waals surface area contributed by atoms with Crippen LogP contribution in [0.5, 0.6) is 11.5 Å². The first kappa shape index (κ1) is 18.8. The van der Waals surface area contributed by atoms with Crippen LogP contribution in [0.1, 0.15) is 11.4 Å². The van der Waals surface area contributed by atoms with Crippen molar-refractivity contribution in [3.05, 3.63) is 113 Å². The molecule has 0 aliphatic rings. The first-order valence-electron chi connectivity index (χ1n) is 9.97. The van der Waals surface area contributed by atoms with Gasteiger partial charge in [-0.3, -0.25) is 4.79 Å². The number of rotatable bonds is 4. The number of aromatic nitrogens is 2. The van der Waals surface area contributed by atoms with E-state index in [9.17, 15) is 4.79 Å². The molecule has 0 spiro atoms. The van der Waals surface area contributed by atoms with Gasteiger partial charge in [0.1, 0.15) is 17.3 Å². The molecule has 0 atom stereocenters. The highest BCUT2D eigenvalue weighted by molar-refractivity contribution is 5.84. The van der Waals surface area contributed by atoms with Gasteiger partial charge in [0.05, 0.1) is 17.1 Å². The molecule has 5 aromatic rings. The largest absolute Gasteiger partial charge is 0.457 e. The Balaban J connectivity index is 1.37. The Morgan fingerprint density at radius 2 is 1.55 bits per heavy atom. The Morgan fingerprint density at radius 3 is 2.39 bits per heavy atom. The fourth-order valence-electron chi connectivity index (χ4n) is 3.48. The van der Waals surface area contributed by atoms with Gasteiger partial charge in [-0.05, 0) is 71.8 Å². The van der Waals surface area contributed by atoms with Crippen LogP contribution in [0, 0.1) is 6.92 Å². The molecule has 0 unspecified atom stereocenters. The first-order chi connectivity index (χ1) is 15.2. The summed E-state index contributed by atoms with van der Waals surface area (Å²) in [5.74, 6) is 2.05. The summed E-state index contributed by atoms with van der Waals surface area (Å²) in [4.78, 5) is 17.2. The molecule has 0 saturated carbocycles. The van der Waals surface area contributed by atoms with Crippen LogP contribution < -0.4 is 10.3 Å². The molecule has 5 heteroatoms. The lowest BCUT2D eigenvalue weighted by Gasteiger charge is -2.07. The Kier molecular flexibility index (Phi) is 4.77. The molecular weight excluding hydrogens is 386 g/mol. The van der Waals surface area contributed by atoms with Crippen molar-refractivity contribution in [1.82, 2.24) is 9.66 Å². The number of benzene rings is 4. The lowest BCUT2D eigenvalue weighted by molar-refractivity contribution is 0.483. The molecule has 0 amide bonds. The lowest BCUT2D eigenvalue weighted by atomic mass is 10.1. The summed E-state index contributed by atoms with van der Waals surface area (Å²) in [6.45, 7) is 1.77. The van der Waals surface area contributed by atoms with Crippen molar-refractivity contribution >= 4 is 27.9 Å². The average Bonchev–Trinajstić information content (AvgIpc) is 2.80. The molecule has 0 N–H and O–H groups in total. The molecule has 5 nitrogen and oxygen atoms in total. The van der Waals surface area contributed by atoms with Crippen LogP contribution in [0.25, 0.3) is 21.7 Å². The summed E-state index contributed by atoms with van der Waals surface area (Å²) in [6.07, 6.45) is 1.64. The summed E-state index contributed by atoms with van der Waals surface area (Å²) < 4.78 is 7.30. The number of hydrogen-bond donors (Lipinski definition) is 0. The molecule has 5 rings (SSSR count). The van der Waals surface area contributed by atoms with E-state index >= 15 is 0 Å². The third-order valence-corrected chi connectivity index (χ3v) is 5.07. The van der Waals surface area contributed by atoms with Crippen LogP contribution in [0.2, 0.25) is 0 Å². The topological polar surface area (TPSA) is 56.5 Å². The second kappa shape index (κ2) is 7.88. The Hall–Kier alpha value is -4.25. The van der Waals surface area contributed by atoms with Gasteiger partial charge in [0.25, 0.3) is 5.56 Å². The van der Waals surface area contributed by atoms with E-state index in [0.29, 0.717) is 16.7 Å². The zero-order valence-corrected chi connectivity index (χ0v) is 16.9. The molecule has 0 saturated heterocycles. The summed E-state index contributed by atoms with van der Waals surface area (Å²) in [5, 5.41) is 7.20. The van der Waals surface area contributed by atoms with Gasteiger partial charge in [-0.15, -0.1) is 0 Å². The van der Waals surface area contributed by atoms with Gasteiger partial charge in [0.2, 0.25) is 0 Å². The molecule has 4 aromatic carbocycles. The fraction of sp³-hybridized carbons (Fsp3) is 0.0385. The second-order valence-corrected chi connectivity index (χ2v) is 7.22. The molecule has 0 aliphatic heterocycles. The number of nitrogens with zero attached hydrogens (tertiary/aromatic N) is 3. The predicted molar refractivity (Wildman–Crippen MR) is 124 cm³/mol. The van der Waals surface area contributed by atoms with Crippen molar-refractivity contribution in [3.8, 4) is 11.5 Å². The summed E-state index contributed by atoms with van der Waals surface area (Å²) in [6, 6.07) is 29.0. The Morgan fingerprint density at radius 1 is 0.839 bits per heavy atom. The number of para-hydroxylation sites is 1. The van der Waals surface area contributed by atoms with E-state index < -0.39 is 0 Å². The third kappa shape index (κ3) is 3.81. The van der Waals surface area contributed by atoms with E-state index in [1.807, 2.05) is 72.8 Å². The minimum Gasteiger partial charge on any atom is -0.457 e. The minimum absolute atomic E-state index is 0.185. The van der Waals surface area contributed by atoms with Crippen LogP contribution in [-0.4, -0.2) is 15.9 Å². The summed E-state index contributed by atoms with van der Waals surface area (Å²) in [7, 11) is 0. The van der Waals surface area contributed by atoms with Gasteiger partial charge in [-0.25, -0.2) is 4.98 Å². The van der Waals surface area contributed by atoms with Crippen molar-refractivity contribution in [3.63, 3.8) is 0 Å². The monoisotopic (exact) mass is 405 g/mol. The van der Waals surface area contributed by atoms with Crippen LogP contribution in [-0.2, 0) is 0 Å². The van der Waals surface area contributed by atoms with Crippen LogP contribution in [0.3, 0.4) is 0 Å². The smallest absolute Gasteiger partial charge is 0.282 e. The highest BCUT2D eigenvalue weighted by Gasteiger charge is 2.06. The number of aryl methyl sites for hydroxylation is 1. The maximum atomic E-state index is 12.7. The first-order valence-corrected chi connectivity index (χ1v) is 9.97. The lowest BCUT2D eigenvalue weighted by Crippen LogP contribution is -2.20. The normalized spacial score (nSPS) is 11.4. The van der Waals surface area contributed by atoms with Gasteiger partial charge in [-0.2, -0.15) is 9.78 Å². The number of ether oxygens (including phenoxy) is 1. The quantitative estimate of drug-likeness (QED) is 0.369. The summed E-state index contributed by atoms with van der Waals surface area (Å²) >= 11 is 0. The maximum absolute atomic E-state index is 12.7. The second-order valence-electron chi connectivity index (χ2n) is 7.22. The van der Waals surface area contributed by atoms with Crippen LogP contribution >= 0.6 is 0 Å². The molecule has 1 heterocycles. The molecule has 0 fully saturated rings. The SMILES string of the molecule is Cc1nc2ccccc2c(=O)n1/N=C/c1ccc(Oc2ccc3ccccc3c2)cc1. The van der Waals surface area contributed by atoms with Gasteiger partial charge in [0.15, 0.2) is 0 Å². The summed E-state index contributed by atoms with van der Waals surface area (Å²) in [5.41, 5.74) is 1.34. The standard InChI is InChI=1S/C26H19N3O2/c1-18-28-25-9-5-4-8-24(25)26(30)29(18)27-17-19-10-13-22(14-11-19)31-23-15-12-20-6-2-3-7-21(20)16-23/h2-17H,1H3/b27-17+. The van der Waals surface area contributed by atoms with Crippen LogP contribution in [0.4, 0.5) is 0 Å². The zero-order valence-electron chi connectivity index (χ0n) is 16.9. The molecular formula is C26H19N3O2. The number of fused-ring (bicyclic) bond motifs is 2. The van der Waals surface area contributed by atoms with Gasteiger partial charge < -0.3 is 4.74 Å².